The van der Waals surface area contributed by atoms with Crippen LogP contribution in [0.4, 0.5) is 4.39 Å². The van der Waals surface area contributed by atoms with Gasteiger partial charge in [0.2, 0.25) is 0 Å². The number of hydrogen-bond donors (Lipinski definition) is 0. The monoisotopic (exact) mass is 184 g/mol. The summed E-state index contributed by atoms with van der Waals surface area (Å²) in [4.78, 5) is -0.0609. The van der Waals surface area contributed by atoms with E-state index in [9.17, 15) is 12.8 Å². The molecule has 0 fully saturated rings. The zero-order valence-corrected chi connectivity index (χ0v) is 7.23. The second kappa shape index (κ2) is 2.90. The molecule has 2 nitrogen and oxygen atoms in total. The highest BCUT2D eigenvalue weighted by Gasteiger charge is 2.08. The SMILES string of the molecule is [B]c1ccc(S(C)(=O)=O)cc1F. The van der Waals surface area contributed by atoms with Gasteiger partial charge in [0.05, 0.1) is 4.90 Å². The van der Waals surface area contributed by atoms with Gasteiger partial charge < -0.3 is 0 Å². The van der Waals surface area contributed by atoms with E-state index < -0.39 is 15.7 Å². The lowest BCUT2D eigenvalue weighted by Crippen LogP contribution is -2.09. The molecule has 0 aliphatic carbocycles. The summed E-state index contributed by atoms with van der Waals surface area (Å²) >= 11 is 0. The fourth-order valence-electron chi connectivity index (χ4n) is 0.739. The van der Waals surface area contributed by atoms with Gasteiger partial charge in [-0.2, -0.15) is 0 Å². The van der Waals surface area contributed by atoms with Crippen LogP contribution in [0.2, 0.25) is 0 Å². The highest BCUT2D eigenvalue weighted by molar-refractivity contribution is 7.90. The maximum Gasteiger partial charge on any atom is 0.175 e. The van der Waals surface area contributed by atoms with Gasteiger partial charge in [0.25, 0.3) is 0 Å². The van der Waals surface area contributed by atoms with E-state index in [0.29, 0.717) is 0 Å². The van der Waals surface area contributed by atoms with Crippen LogP contribution in [0.3, 0.4) is 0 Å². The van der Waals surface area contributed by atoms with Crippen molar-refractivity contribution in [3.05, 3.63) is 24.0 Å². The van der Waals surface area contributed by atoms with Crippen LogP contribution in [0.15, 0.2) is 23.1 Å². The molecule has 0 unspecified atom stereocenters. The minimum Gasteiger partial charge on any atom is -0.224 e. The van der Waals surface area contributed by atoms with Crippen molar-refractivity contribution < 1.29 is 12.8 Å². The van der Waals surface area contributed by atoms with Crippen molar-refractivity contribution in [2.75, 3.05) is 6.26 Å². The van der Waals surface area contributed by atoms with E-state index in [1.807, 2.05) is 0 Å². The Morgan fingerprint density at radius 3 is 2.42 bits per heavy atom. The van der Waals surface area contributed by atoms with Gasteiger partial charge in [0, 0.05) is 6.26 Å². The summed E-state index contributed by atoms with van der Waals surface area (Å²) in [6.07, 6.45) is 1.01. The van der Waals surface area contributed by atoms with Crippen molar-refractivity contribution >= 4 is 23.1 Å². The number of rotatable bonds is 1. The Morgan fingerprint density at radius 1 is 1.42 bits per heavy atom. The molecule has 5 heteroatoms. The molecule has 0 heterocycles. The van der Waals surface area contributed by atoms with Crippen LogP contribution in [0.1, 0.15) is 0 Å². The molecule has 0 spiro atoms. The summed E-state index contributed by atoms with van der Waals surface area (Å²) in [6, 6.07) is 3.41. The Bertz CT molecular complexity index is 400. The topological polar surface area (TPSA) is 34.1 Å². The molecule has 0 amide bonds. The minimum atomic E-state index is -3.34. The van der Waals surface area contributed by atoms with E-state index >= 15 is 0 Å². The molecule has 0 aromatic heterocycles. The minimum absolute atomic E-state index is 0.0533. The van der Waals surface area contributed by atoms with Gasteiger partial charge in [0.1, 0.15) is 13.7 Å². The Morgan fingerprint density at radius 2 is 2.00 bits per heavy atom. The first-order valence-electron chi connectivity index (χ1n) is 3.16. The second-order valence-corrected chi connectivity index (χ2v) is 4.47. The molecule has 0 N–H and O–H groups in total. The first-order valence-corrected chi connectivity index (χ1v) is 5.05. The lowest BCUT2D eigenvalue weighted by atomic mass is 9.96. The Labute approximate surface area is 71.7 Å². The lowest BCUT2D eigenvalue weighted by Gasteiger charge is -1.99. The van der Waals surface area contributed by atoms with Crippen molar-refractivity contribution in [2.24, 2.45) is 0 Å². The summed E-state index contributed by atoms with van der Waals surface area (Å²) in [5.74, 6) is -0.710. The first-order chi connectivity index (χ1) is 5.41. The third-order valence-electron chi connectivity index (χ3n) is 1.40. The largest absolute Gasteiger partial charge is 0.224 e. The predicted octanol–water partition coefficient (Wildman–Crippen LogP) is 0.0230. The molecule has 62 valence electrons. The summed E-state index contributed by atoms with van der Waals surface area (Å²) < 4.78 is 34.5. The van der Waals surface area contributed by atoms with Crippen LogP contribution in [-0.4, -0.2) is 22.5 Å². The van der Waals surface area contributed by atoms with E-state index in [1.54, 1.807) is 0 Å². The van der Waals surface area contributed by atoms with E-state index in [-0.39, 0.29) is 10.4 Å². The van der Waals surface area contributed by atoms with Gasteiger partial charge in [0.15, 0.2) is 9.84 Å². The molecule has 0 aliphatic rings. The van der Waals surface area contributed by atoms with E-state index in [1.165, 1.54) is 12.1 Å². The lowest BCUT2D eigenvalue weighted by molar-refractivity contribution is 0.597. The standard InChI is InChI=1S/C7H6BFO2S/c1-12(10,11)5-2-3-6(8)7(9)4-5/h2-4H,1H3. The zero-order valence-electron chi connectivity index (χ0n) is 6.41. The van der Waals surface area contributed by atoms with Crippen molar-refractivity contribution in [2.45, 2.75) is 4.90 Å². The molecular weight excluding hydrogens is 178 g/mol. The van der Waals surface area contributed by atoms with Crippen LogP contribution in [0.25, 0.3) is 0 Å². The van der Waals surface area contributed by atoms with Crippen molar-refractivity contribution in [3.63, 3.8) is 0 Å². The maximum atomic E-state index is 12.7. The highest BCUT2D eigenvalue weighted by Crippen LogP contribution is 2.07. The van der Waals surface area contributed by atoms with Crippen molar-refractivity contribution in [3.8, 4) is 0 Å². The third kappa shape index (κ3) is 1.85. The van der Waals surface area contributed by atoms with Crippen LogP contribution in [0, 0.1) is 5.82 Å². The first kappa shape index (κ1) is 9.25. The van der Waals surface area contributed by atoms with E-state index in [4.69, 9.17) is 7.85 Å². The molecule has 0 saturated carbocycles. The van der Waals surface area contributed by atoms with Crippen LogP contribution in [-0.2, 0) is 9.84 Å². The van der Waals surface area contributed by atoms with E-state index in [2.05, 4.69) is 0 Å². The normalized spacial score (nSPS) is 11.5. The van der Waals surface area contributed by atoms with Gasteiger partial charge in [-0.25, -0.2) is 12.8 Å². The number of hydrogen-bond acceptors (Lipinski definition) is 2. The zero-order chi connectivity index (χ0) is 9.35. The summed E-state index contributed by atoms with van der Waals surface area (Å²) in [6.45, 7) is 0. The third-order valence-corrected chi connectivity index (χ3v) is 2.51. The predicted molar refractivity (Wildman–Crippen MR) is 44.9 cm³/mol. The summed E-state index contributed by atoms with van der Waals surface area (Å²) in [5, 5.41) is 0. The number of sulfone groups is 1. The Hall–Kier alpha value is -0.835. The average molecular weight is 184 g/mol. The molecule has 1 aromatic rings. The van der Waals surface area contributed by atoms with Crippen molar-refractivity contribution in [1.82, 2.24) is 0 Å². The maximum absolute atomic E-state index is 12.7. The summed E-state index contributed by atoms with van der Waals surface area (Å²) in [5.41, 5.74) is -0.0533. The van der Waals surface area contributed by atoms with E-state index in [0.717, 1.165) is 12.3 Å². The van der Waals surface area contributed by atoms with Gasteiger partial charge in [-0.05, 0) is 12.1 Å². The average Bonchev–Trinajstić information content (AvgIpc) is 1.92. The van der Waals surface area contributed by atoms with Gasteiger partial charge in [-0.15, -0.1) is 0 Å². The Balaban J connectivity index is 3.33. The fourth-order valence-corrected chi connectivity index (χ4v) is 1.37. The fraction of sp³-hybridized carbons (Fsp3) is 0.143. The Kier molecular flexibility index (Phi) is 2.23. The molecule has 1 rings (SSSR count). The molecular formula is C7H6BFO2S. The molecule has 0 bridgehead atoms. The smallest absolute Gasteiger partial charge is 0.175 e. The van der Waals surface area contributed by atoms with Gasteiger partial charge in [-0.1, -0.05) is 11.5 Å². The number of halogens is 1. The molecule has 2 radical (unpaired) electrons. The van der Waals surface area contributed by atoms with Gasteiger partial charge >= 0.3 is 0 Å². The van der Waals surface area contributed by atoms with Crippen molar-refractivity contribution in [1.29, 1.82) is 0 Å². The summed E-state index contributed by atoms with van der Waals surface area (Å²) in [7, 11) is 1.82. The molecule has 0 atom stereocenters. The van der Waals surface area contributed by atoms with Gasteiger partial charge in [-0.3, -0.25) is 0 Å². The number of benzene rings is 1. The molecule has 12 heavy (non-hydrogen) atoms. The molecule has 0 saturated heterocycles. The van der Waals surface area contributed by atoms with Crippen LogP contribution in [0.5, 0.6) is 0 Å². The van der Waals surface area contributed by atoms with Crippen LogP contribution < -0.4 is 5.46 Å². The molecule has 0 aliphatic heterocycles. The highest BCUT2D eigenvalue weighted by atomic mass is 32.2. The van der Waals surface area contributed by atoms with Crippen LogP contribution >= 0.6 is 0 Å². The quantitative estimate of drug-likeness (QED) is 0.576. The second-order valence-electron chi connectivity index (χ2n) is 2.46. The molecule has 1 aromatic carbocycles.